The molecule has 1 unspecified atom stereocenters. The number of methoxy groups -OCH3 is 1. The number of ether oxygens (including phenoxy) is 3. The van der Waals surface area contributed by atoms with E-state index in [-0.39, 0.29) is 6.10 Å². The van der Waals surface area contributed by atoms with E-state index in [2.05, 4.69) is 11.9 Å². The first-order chi connectivity index (χ1) is 10.1. The monoisotopic (exact) mass is 315 g/mol. The van der Waals surface area contributed by atoms with E-state index in [0.717, 1.165) is 12.8 Å². The quantitative estimate of drug-likeness (QED) is 0.551. The summed E-state index contributed by atoms with van der Waals surface area (Å²) in [6.07, 6.45) is 2.11. The lowest BCUT2D eigenvalue weighted by atomic mass is 10.1. The van der Waals surface area contributed by atoms with Crippen LogP contribution in [0.1, 0.15) is 47.5 Å². The van der Waals surface area contributed by atoms with E-state index in [0.29, 0.717) is 0 Å². The first-order valence-corrected chi connectivity index (χ1v) is 7.44. The highest BCUT2D eigenvalue weighted by atomic mass is 16.6. The molecule has 1 N–H and O–H groups in total. The van der Waals surface area contributed by atoms with E-state index in [4.69, 9.17) is 14.2 Å². The number of esters is 1. The maximum Gasteiger partial charge on any atom is 0.408 e. The number of carbonyl (C=O) groups excluding carboxylic acids is 2. The van der Waals surface area contributed by atoms with Crippen molar-refractivity contribution in [2.45, 2.75) is 71.3 Å². The minimum absolute atomic E-state index is 0.0689. The van der Waals surface area contributed by atoms with Crippen LogP contribution < -0.4 is 5.32 Å². The van der Waals surface area contributed by atoms with Gasteiger partial charge in [-0.3, -0.25) is 0 Å². The second-order valence-corrected chi connectivity index (χ2v) is 6.16. The van der Waals surface area contributed by atoms with Gasteiger partial charge >= 0.3 is 12.1 Å². The third-order valence-corrected chi connectivity index (χ3v) is 2.82. The van der Waals surface area contributed by atoms with Gasteiger partial charge in [0.2, 0.25) is 0 Å². The van der Waals surface area contributed by atoms with E-state index in [9.17, 15) is 9.59 Å². The Balaban J connectivity index is 4.72. The maximum absolute atomic E-state index is 11.9. The normalized spacial score (nSPS) is 15.4. The van der Waals surface area contributed by atoms with E-state index in [1.807, 2.05) is 6.92 Å². The highest BCUT2D eigenvalue weighted by Gasteiger charge is 2.31. The number of rotatable bonds is 8. The number of hydrogen-bond donors (Lipinski definition) is 1. The average molecular weight is 315 g/mol. The molecule has 6 heteroatoms. The highest BCUT2D eigenvalue weighted by molar-refractivity contribution is 5.82. The first kappa shape index (κ1) is 20.4. The Morgan fingerprint density at radius 3 is 2.32 bits per heavy atom. The van der Waals surface area contributed by atoms with Crippen LogP contribution >= 0.6 is 0 Å². The third-order valence-electron chi connectivity index (χ3n) is 2.82. The average Bonchev–Trinajstić information content (AvgIpc) is 2.39. The Morgan fingerprint density at radius 2 is 1.86 bits per heavy atom. The summed E-state index contributed by atoms with van der Waals surface area (Å²) in [6, 6.07) is -0.925. The fourth-order valence-corrected chi connectivity index (χ4v) is 1.80. The molecule has 0 aliphatic heterocycles. The van der Waals surface area contributed by atoms with Gasteiger partial charge in [-0.05, 0) is 47.5 Å². The van der Waals surface area contributed by atoms with E-state index in [1.54, 1.807) is 33.8 Å². The minimum atomic E-state index is -0.925. The van der Waals surface area contributed by atoms with Gasteiger partial charge in [0.25, 0.3) is 0 Å². The van der Waals surface area contributed by atoms with Gasteiger partial charge in [-0.1, -0.05) is 6.08 Å². The summed E-state index contributed by atoms with van der Waals surface area (Å²) in [5.74, 6) is -0.575. The molecule has 3 atom stereocenters. The van der Waals surface area contributed by atoms with Crippen LogP contribution in [0.5, 0.6) is 0 Å². The van der Waals surface area contributed by atoms with Gasteiger partial charge in [0.05, 0.1) is 19.3 Å². The topological polar surface area (TPSA) is 73.9 Å². The van der Waals surface area contributed by atoms with Crippen molar-refractivity contribution in [3.63, 3.8) is 0 Å². The standard InChI is InChI=1S/C16H29NO5/c1-8-9-10-11(2)21-12(3)13(14(18)20-7)17-15(19)22-16(4,5)6/h8,11-13H,1,9-10H2,2-7H3,(H,17,19)/t11?,12-,13-/m0/s1. The Kier molecular flexibility index (Phi) is 8.79. The van der Waals surface area contributed by atoms with Crippen molar-refractivity contribution in [3.8, 4) is 0 Å². The van der Waals surface area contributed by atoms with Crippen molar-refractivity contribution in [3.05, 3.63) is 12.7 Å². The van der Waals surface area contributed by atoms with E-state index < -0.39 is 29.8 Å². The number of alkyl carbamates (subject to hydrolysis) is 1. The molecule has 0 saturated carbocycles. The Labute approximate surface area is 133 Å². The molecule has 6 nitrogen and oxygen atoms in total. The summed E-state index contributed by atoms with van der Waals surface area (Å²) in [5, 5.41) is 2.50. The van der Waals surface area contributed by atoms with Crippen LogP contribution in [-0.2, 0) is 19.0 Å². The van der Waals surface area contributed by atoms with Crippen LogP contribution in [0.25, 0.3) is 0 Å². The lowest BCUT2D eigenvalue weighted by Crippen LogP contribution is -2.51. The molecule has 0 fully saturated rings. The molecule has 0 aromatic heterocycles. The molecule has 0 aliphatic rings. The predicted octanol–water partition coefficient (Wildman–Crippen LogP) is 2.81. The Bertz CT molecular complexity index is 375. The maximum atomic E-state index is 11.9. The summed E-state index contributed by atoms with van der Waals surface area (Å²) in [7, 11) is 1.26. The van der Waals surface area contributed by atoms with Crippen molar-refractivity contribution >= 4 is 12.1 Å². The summed E-state index contributed by atoms with van der Waals surface area (Å²) in [4.78, 5) is 23.7. The highest BCUT2D eigenvalue weighted by Crippen LogP contribution is 2.11. The van der Waals surface area contributed by atoms with Crippen molar-refractivity contribution in [1.29, 1.82) is 0 Å². The fraction of sp³-hybridized carbons (Fsp3) is 0.750. The van der Waals surface area contributed by atoms with Gasteiger partial charge in [0.1, 0.15) is 5.60 Å². The number of allylic oxidation sites excluding steroid dienone is 1. The Hall–Kier alpha value is -1.56. The number of nitrogens with one attached hydrogen (secondary N) is 1. The van der Waals surface area contributed by atoms with Gasteiger partial charge in [-0.15, -0.1) is 6.58 Å². The third kappa shape index (κ3) is 8.67. The predicted molar refractivity (Wildman–Crippen MR) is 84.6 cm³/mol. The molecule has 0 saturated heterocycles. The summed E-state index contributed by atoms with van der Waals surface area (Å²) >= 11 is 0. The molecule has 0 spiro atoms. The smallest absolute Gasteiger partial charge is 0.408 e. The van der Waals surface area contributed by atoms with Crippen LogP contribution in [0.3, 0.4) is 0 Å². The number of amides is 1. The SMILES string of the molecule is C=CCCC(C)O[C@@H](C)[C@H](NC(=O)OC(C)(C)C)C(=O)OC. The molecule has 0 radical (unpaired) electrons. The largest absolute Gasteiger partial charge is 0.467 e. The van der Waals surface area contributed by atoms with Gasteiger partial charge in [-0.25, -0.2) is 9.59 Å². The van der Waals surface area contributed by atoms with Crippen LogP contribution in [0.2, 0.25) is 0 Å². The molecule has 22 heavy (non-hydrogen) atoms. The van der Waals surface area contributed by atoms with Gasteiger partial charge in [0, 0.05) is 0 Å². The van der Waals surface area contributed by atoms with Gasteiger partial charge < -0.3 is 19.5 Å². The molecule has 128 valence electrons. The summed E-state index contributed by atoms with van der Waals surface area (Å²) in [5.41, 5.74) is -0.647. The fourth-order valence-electron chi connectivity index (χ4n) is 1.80. The number of carbonyl (C=O) groups is 2. The summed E-state index contributed by atoms with van der Waals surface area (Å²) in [6.45, 7) is 12.5. The van der Waals surface area contributed by atoms with Crippen LogP contribution in [0, 0.1) is 0 Å². The zero-order chi connectivity index (χ0) is 17.3. The van der Waals surface area contributed by atoms with Crippen LogP contribution in [0.4, 0.5) is 4.79 Å². The zero-order valence-electron chi connectivity index (χ0n) is 14.5. The lowest BCUT2D eigenvalue weighted by Gasteiger charge is -2.27. The second-order valence-electron chi connectivity index (χ2n) is 6.16. The molecule has 0 heterocycles. The first-order valence-electron chi connectivity index (χ1n) is 7.44. The van der Waals surface area contributed by atoms with Crippen LogP contribution in [0.15, 0.2) is 12.7 Å². The molecule has 0 aromatic carbocycles. The molecular formula is C16H29NO5. The molecule has 1 amide bonds. The Morgan fingerprint density at radius 1 is 1.27 bits per heavy atom. The van der Waals surface area contributed by atoms with Gasteiger partial charge in [-0.2, -0.15) is 0 Å². The molecular weight excluding hydrogens is 286 g/mol. The van der Waals surface area contributed by atoms with Crippen molar-refractivity contribution < 1.29 is 23.8 Å². The summed E-state index contributed by atoms with van der Waals surface area (Å²) < 4.78 is 15.6. The molecule has 0 aliphatic carbocycles. The van der Waals surface area contributed by atoms with Gasteiger partial charge in [0.15, 0.2) is 6.04 Å². The van der Waals surface area contributed by atoms with Crippen LogP contribution in [-0.4, -0.2) is 43.0 Å². The second kappa shape index (κ2) is 9.46. The number of hydrogen-bond acceptors (Lipinski definition) is 5. The minimum Gasteiger partial charge on any atom is -0.467 e. The molecule has 0 bridgehead atoms. The van der Waals surface area contributed by atoms with E-state index >= 15 is 0 Å². The van der Waals surface area contributed by atoms with E-state index in [1.165, 1.54) is 7.11 Å². The zero-order valence-corrected chi connectivity index (χ0v) is 14.5. The molecule has 0 rings (SSSR count). The van der Waals surface area contributed by atoms with Crippen molar-refractivity contribution in [2.24, 2.45) is 0 Å². The van der Waals surface area contributed by atoms with Crippen molar-refractivity contribution in [1.82, 2.24) is 5.32 Å². The molecule has 0 aromatic rings. The van der Waals surface area contributed by atoms with Crippen molar-refractivity contribution in [2.75, 3.05) is 7.11 Å². The lowest BCUT2D eigenvalue weighted by molar-refractivity contribution is -0.148.